The Labute approximate surface area is 235 Å². The number of nitrogens with one attached hydrogen (secondary N) is 2. The molecule has 2 aromatic carbocycles. The Morgan fingerprint density at radius 2 is 1.93 bits per heavy atom. The van der Waals surface area contributed by atoms with Crippen molar-refractivity contribution in [1.29, 1.82) is 0 Å². The fourth-order valence-electron chi connectivity index (χ4n) is 4.25. The van der Waals surface area contributed by atoms with E-state index in [0.29, 0.717) is 5.39 Å². The highest BCUT2D eigenvalue weighted by molar-refractivity contribution is 7.52. The number of ether oxygens (including phenoxy) is 2. The Morgan fingerprint density at radius 1 is 1.23 bits per heavy atom. The third-order valence-corrected chi connectivity index (χ3v) is 8.29. The number of aromatic nitrogens is 2. The first-order chi connectivity index (χ1) is 18.8. The van der Waals surface area contributed by atoms with Crippen molar-refractivity contribution in [3.8, 4) is 5.75 Å². The molecule has 1 aliphatic rings. The molecule has 0 bridgehead atoms. The zero-order chi connectivity index (χ0) is 29.2. The highest BCUT2D eigenvalue weighted by Gasteiger charge is 2.53. The Balaban J connectivity index is 1.60. The lowest BCUT2D eigenvalue weighted by Crippen LogP contribution is -2.45. The highest BCUT2D eigenvalue weighted by atomic mass is 35.5. The molecule has 12 nitrogen and oxygen atoms in total. The number of H-pyrrole nitrogens is 1. The van der Waals surface area contributed by atoms with Crippen LogP contribution in [0.1, 0.15) is 27.0 Å². The second-order valence-electron chi connectivity index (χ2n) is 9.84. The van der Waals surface area contributed by atoms with Gasteiger partial charge in [-0.2, -0.15) is 5.09 Å². The number of hydrogen-bond donors (Lipinski definition) is 3. The van der Waals surface area contributed by atoms with Crippen LogP contribution in [0.4, 0.5) is 0 Å². The number of hydrogen-bond acceptors (Lipinski definition) is 9. The summed E-state index contributed by atoms with van der Waals surface area (Å²) >= 11 is 6.59. The molecule has 6 atom stereocenters. The molecule has 15 heteroatoms. The molecule has 2 heterocycles. The van der Waals surface area contributed by atoms with Gasteiger partial charge in [0, 0.05) is 17.6 Å². The van der Waals surface area contributed by atoms with E-state index in [2.05, 4.69) is 10.1 Å². The van der Waals surface area contributed by atoms with Gasteiger partial charge in [0.1, 0.15) is 25.7 Å². The molecule has 40 heavy (non-hydrogen) atoms. The van der Waals surface area contributed by atoms with Crippen LogP contribution in [0.5, 0.6) is 5.75 Å². The van der Waals surface area contributed by atoms with Crippen molar-refractivity contribution in [3.63, 3.8) is 0 Å². The Bertz CT molecular complexity index is 1540. The van der Waals surface area contributed by atoms with Crippen LogP contribution >= 0.6 is 19.3 Å². The minimum Gasteiger partial charge on any atom is -0.462 e. The lowest BCUT2D eigenvalue weighted by atomic mass is 9.79. The van der Waals surface area contributed by atoms with Crippen molar-refractivity contribution in [3.05, 3.63) is 75.6 Å². The molecule has 1 aliphatic heterocycles. The standard InChI is InChI=1S/C25H30BClN3O9P/c1-14(2)37-22(33)15(3)29-40(35,39-18-10-6-8-16-7-4-5-9-17(16)18)36-13-19-21(32)25(26,27)23(38-19)30-12-11-20(31)28-24(30)34/h4-12,14-15,19,21,23,32H,13,26H2,1-3H3,(H,29,35)(H,28,31,34)/t15-,19+,21+,23+,25-,40?/m0/s1. The molecular weight excluding hydrogens is 564 g/mol. The molecule has 0 radical (unpaired) electrons. The number of aliphatic hydroxyl groups excluding tert-OH is 1. The molecule has 1 unspecified atom stereocenters. The molecular formula is C25H30BClN3O9P. The topological polar surface area (TPSA) is 158 Å². The average Bonchev–Trinajstić information content (AvgIpc) is 3.11. The number of aliphatic hydroxyl groups is 1. The van der Waals surface area contributed by atoms with E-state index in [1.165, 1.54) is 21.0 Å². The van der Waals surface area contributed by atoms with Crippen molar-refractivity contribution < 1.29 is 33.0 Å². The zero-order valence-corrected chi connectivity index (χ0v) is 23.9. The molecule has 3 aromatic rings. The van der Waals surface area contributed by atoms with E-state index in [-0.39, 0.29) is 5.75 Å². The number of nitrogens with zero attached hydrogens (tertiary/aromatic N) is 1. The molecule has 0 aliphatic carbocycles. The van der Waals surface area contributed by atoms with Crippen molar-refractivity contribution in [2.24, 2.45) is 0 Å². The SMILES string of the molecule is B[C@]1(Cl)[C@H](O)[C@@H](COP(=O)(N[C@@H](C)C(=O)OC(C)C)Oc2cccc3ccccc23)O[C@H]1n1ccc(=O)[nH]c1=O. The number of fused-ring (bicyclic) bond motifs is 1. The van der Waals surface area contributed by atoms with Gasteiger partial charge in [-0.25, -0.2) is 9.36 Å². The van der Waals surface area contributed by atoms with E-state index in [0.717, 1.165) is 16.0 Å². The van der Waals surface area contributed by atoms with Gasteiger partial charge in [-0.05, 0) is 32.2 Å². The second kappa shape index (κ2) is 11.9. The number of halogens is 1. The molecule has 0 spiro atoms. The molecule has 0 saturated carbocycles. The summed E-state index contributed by atoms with van der Waals surface area (Å²) in [6.07, 6.45) is -2.98. The fourth-order valence-corrected chi connectivity index (χ4v) is 6.07. The summed E-state index contributed by atoms with van der Waals surface area (Å²) in [6, 6.07) is 12.5. The Hall–Kier alpha value is -2.93. The number of alkyl halides is 1. The molecule has 1 fully saturated rings. The number of carbonyl (C=O) groups excluding carboxylic acids is 1. The van der Waals surface area contributed by atoms with E-state index in [9.17, 15) is 24.1 Å². The minimum atomic E-state index is -4.33. The molecule has 214 valence electrons. The molecule has 1 aromatic heterocycles. The number of carbonyl (C=O) groups is 1. The van der Waals surface area contributed by atoms with E-state index in [1.807, 2.05) is 18.2 Å². The van der Waals surface area contributed by atoms with Crippen LogP contribution in [-0.2, 0) is 23.4 Å². The normalized spacial score (nSPS) is 25.0. The molecule has 3 N–H and O–H groups in total. The average molecular weight is 594 g/mol. The summed E-state index contributed by atoms with van der Waals surface area (Å²) in [5, 5.41) is 15.0. The van der Waals surface area contributed by atoms with Gasteiger partial charge in [0.25, 0.3) is 5.56 Å². The van der Waals surface area contributed by atoms with Crippen LogP contribution in [0.25, 0.3) is 10.8 Å². The second-order valence-corrected chi connectivity index (χ2v) is 12.3. The number of benzene rings is 2. The predicted molar refractivity (Wildman–Crippen MR) is 150 cm³/mol. The Morgan fingerprint density at radius 3 is 2.62 bits per heavy atom. The largest absolute Gasteiger partial charge is 0.462 e. The monoisotopic (exact) mass is 593 g/mol. The first-order valence-electron chi connectivity index (χ1n) is 12.5. The van der Waals surface area contributed by atoms with Gasteiger partial charge in [-0.3, -0.25) is 23.7 Å². The lowest BCUT2D eigenvalue weighted by Gasteiger charge is -2.27. The van der Waals surface area contributed by atoms with E-state index >= 15 is 0 Å². The third kappa shape index (κ3) is 6.51. The maximum atomic E-state index is 14.1. The predicted octanol–water partition coefficient (Wildman–Crippen LogP) is 1.65. The highest BCUT2D eigenvalue weighted by Crippen LogP contribution is 2.48. The van der Waals surface area contributed by atoms with Crippen molar-refractivity contribution >= 4 is 43.9 Å². The van der Waals surface area contributed by atoms with Gasteiger partial charge in [0.2, 0.25) is 0 Å². The summed E-state index contributed by atoms with van der Waals surface area (Å²) in [5.74, 6) is -0.450. The fraction of sp³-hybridized carbons (Fsp3) is 0.400. The molecule has 4 rings (SSSR count). The van der Waals surface area contributed by atoms with Crippen LogP contribution in [0.2, 0.25) is 0 Å². The first kappa shape index (κ1) is 30.0. The van der Waals surface area contributed by atoms with Gasteiger partial charge in [-0.1, -0.05) is 36.4 Å². The van der Waals surface area contributed by atoms with Crippen LogP contribution in [0, 0.1) is 0 Å². The summed E-state index contributed by atoms with van der Waals surface area (Å²) < 4.78 is 36.2. The quantitative estimate of drug-likeness (QED) is 0.137. The van der Waals surface area contributed by atoms with Gasteiger partial charge in [-0.15, -0.1) is 11.6 Å². The summed E-state index contributed by atoms with van der Waals surface area (Å²) in [5.41, 5.74) is -1.40. The van der Waals surface area contributed by atoms with E-state index in [4.69, 9.17) is 30.1 Å². The van der Waals surface area contributed by atoms with Crippen LogP contribution < -0.4 is 20.9 Å². The summed E-state index contributed by atoms with van der Waals surface area (Å²) in [4.78, 5) is 38.4. The third-order valence-electron chi connectivity index (χ3n) is 6.25. The number of esters is 1. The van der Waals surface area contributed by atoms with Gasteiger partial charge < -0.3 is 19.1 Å². The maximum absolute atomic E-state index is 14.1. The number of rotatable bonds is 10. The maximum Gasteiger partial charge on any atom is 0.459 e. The van der Waals surface area contributed by atoms with E-state index in [1.54, 1.807) is 38.1 Å². The van der Waals surface area contributed by atoms with Crippen molar-refractivity contribution in [2.45, 2.75) is 56.1 Å². The smallest absolute Gasteiger partial charge is 0.459 e. The first-order valence-corrected chi connectivity index (χ1v) is 14.5. The minimum absolute atomic E-state index is 0.228. The van der Waals surface area contributed by atoms with Crippen LogP contribution in [0.15, 0.2) is 64.3 Å². The van der Waals surface area contributed by atoms with Crippen molar-refractivity contribution in [1.82, 2.24) is 14.6 Å². The summed E-state index contributed by atoms with van der Waals surface area (Å²) in [7, 11) is -2.87. The summed E-state index contributed by atoms with van der Waals surface area (Å²) in [6.45, 7) is 4.31. The molecule has 0 amide bonds. The van der Waals surface area contributed by atoms with Crippen molar-refractivity contribution in [2.75, 3.05) is 6.61 Å². The van der Waals surface area contributed by atoms with Crippen LogP contribution in [-0.4, -0.2) is 64.2 Å². The van der Waals surface area contributed by atoms with Gasteiger partial charge in [0.05, 0.1) is 23.6 Å². The van der Waals surface area contributed by atoms with Gasteiger partial charge >= 0.3 is 19.4 Å². The number of aromatic amines is 1. The van der Waals surface area contributed by atoms with Crippen LogP contribution in [0.3, 0.4) is 0 Å². The van der Waals surface area contributed by atoms with E-state index < -0.39 is 66.9 Å². The molecule has 1 saturated heterocycles. The van der Waals surface area contributed by atoms with Gasteiger partial charge in [0.15, 0.2) is 6.23 Å². The zero-order valence-electron chi connectivity index (χ0n) is 22.3. The lowest BCUT2D eigenvalue weighted by molar-refractivity contribution is -0.149. The Kier molecular flexibility index (Phi) is 8.94.